The monoisotopic (exact) mass is 655 g/mol. The fourth-order valence-corrected chi connectivity index (χ4v) is 5.81. The van der Waals surface area contributed by atoms with E-state index in [0.29, 0.717) is 6.61 Å². The van der Waals surface area contributed by atoms with Crippen molar-refractivity contribution in [2.45, 2.75) is 69.4 Å². The van der Waals surface area contributed by atoms with E-state index in [1.165, 1.54) is 7.11 Å². The lowest BCUT2D eigenvalue weighted by Crippen LogP contribution is -2.71. The van der Waals surface area contributed by atoms with Crippen molar-refractivity contribution >= 4 is 5.97 Å². The minimum absolute atomic E-state index is 0.0257. The SMILES string of the molecule is COC(=O)CC[C@@]1([N+](=O)[O-])[C@H](OCc2ccccc2)O[C@H](COCc2ccccc2)[C@@H](OCc2ccccc2)[C@@H]1OCc1ccccc1. The Kier molecular flexibility index (Phi) is 12.8. The molecule has 10 nitrogen and oxygen atoms in total. The van der Waals surface area contributed by atoms with Crippen LogP contribution in [0.4, 0.5) is 0 Å². The van der Waals surface area contributed by atoms with Gasteiger partial charge in [-0.2, -0.15) is 0 Å². The number of carbonyl (C=O) groups excluding carboxylic acids is 1. The quantitative estimate of drug-likeness (QED) is 0.0736. The fourth-order valence-electron chi connectivity index (χ4n) is 5.81. The van der Waals surface area contributed by atoms with E-state index >= 15 is 0 Å². The van der Waals surface area contributed by atoms with Gasteiger partial charge in [-0.15, -0.1) is 0 Å². The Bertz CT molecular complexity index is 1540. The number of hydrogen-bond donors (Lipinski definition) is 0. The number of nitrogens with zero attached hydrogens (tertiary/aromatic N) is 1. The van der Waals surface area contributed by atoms with Crippen molar-refractivity contribution in [1.82, 2.24) is 0 Å². The molecule has 1 fully saturated rings. The number of rotatable bonds is 17. The van der Waals surface area contributed by atoms with Gasteiger partial charge in [0.1, 0.15) is 12.2 Å². The number of methoxy groups -OCH3 is 1. The van der Waals surface area contributed by atoms with Crippen molar-refractivity contribution in [2.75, 3.05) is 13.7 Å². The van der Waals surface area contributed by atoms with E-state index in [9.17, 15) is 14.9 Å². The summed E-state index contributed by atoms with van der Waals surface area (Å²) in [4.78, 5) is 25.5. The van der Waals surface area contributed by atoms with Crippen LogP contribution in [0.1, 0.15) is 35.1 Å². The first-order valence-corrected chi connectivity index (χ1v) is 15.9. The third-order valence-electron chi connectivity index (χ3n) is 8.36. The van der Waals surface area contributed by atoms with E-state index in [2.05, 4.69) is 0 Å². The molecule has 1 saturated heterocycles. The Hall–Kier alpha value is -4.45. The Labute approximate surface area is 280 Å². The van der Waals surface area contributed by atoms with Crippen LogP contribution in [-0.2, 0) is 59.6 Å². The first-order valence-electron chi connectivity index (χ1n) is 15.9. The molecule has 0 amide bonds. The van der Waals surface area contributed by atoms with Crippen LogP contribution in [-0.4, -0.2) is 54.8 Å². The smallest absolute Gasteiger partial charge is 0.305 e. The molecule has 0 bridgehead atoms. The van der Waals surface area contributed by atoms with Gasteiger partial charge in [0.25, 0.3) is 0 Å². The largest absolute Gasteiger partial charge is 0.469 e. The van der Waals surface area contributed by atoms with Crippen molar-refractivity contribution in [3.63, 3.8) is 0 Å². The number of ether oxygens (including phenoxy) is 6. The number of benzene rings is 4. The van der Waals surface area contributed by atoms with Crippen LogP contribution in [0.15, 0.2) is 121 Å². The third kappa shape index (κ3) is 9.12. The molecular weight excluding hydrogens is 614 g/mol. The summed E-state index contributed by atoms with van der Waals surface area (Å²) in [7, 11) is 1.25. The second kappa shape index (κ2) is 17.6. The van der Waals surface area contributed by atoms with Gasteiger partial charge in [0.15, 0.2) is 6.10 Å². The molecule has 0 aromatic heterocycles. The van der Waals surface area contributed by atoms with Gasteiger partial charge in [0, 0.05) is 11.3 Å². The van der Waals surface area contributed by atoms with Gasteiger partial charge < -0.3 is 28.4 Å². The van der Waals surface area contributed by atoms with Crippen molar-refractivity contribution in [2.24, 2.45) is 0 Å². The number of nitro groups is 1. The molecule has 1 aliphatic heterocycles. The molecular formula is C38H41NO9. The molecule has 5 atom stereocenters. The highest BCUT2D eigenvalue weighted by Crippen LogP contribution is 2.41. The van der Waals surface area contributed by atoms with Crippen molar-refractivity contribution < 1.29 is 38.1 Å². The maximum atomic E-state index is 13.5. The molecule has 0 radical (unpaired) electrons. The van der Waals surface area contributed by atoms with Crippen LogP contribution < -0.4 is 0 Å². The number of hydrogen-bond acceptors (Lipinski definition) is 9. The van der Waals surface area contributed by atoms with Crippen LogP contribution in [0, 0.1) is 10.1 Å². The summed E-state index contributed by atoms with van der Waals surface area (Å²) in [5.74, 6) is -0.602. The van der Waals surface area contributed by atoms with Crippen molar-refractivity contribution in [1.29, 1.82) is 0 Å². The molecule has 0 aliphatic carbocycles. The maximum absolute atomic E-state index is 13.5. The van der Waals surface area contributed by atoms with Crippen LogP contribution in [0.2, 0.25) is 0 Å². The predicted molar refractivity (Wildman–Crippen MR) is 177 cm³/mol. The first kappa shape index (κ1) is 34.9. The summed E-state index contributed by atoms with van der Waals surface area (Å²) < 4.78 is 37.0. The van der Waals surface area contributed by atoms with Crippen LogP contribution in [0.3, 0.4) is 0 Å². The fraction of sp³-hybridized carbons (Fsp3) is 0.342. The molecule has 1 heterocycles. The normalized spacial score (nSPS) is 22.2. The van der Waals surface area contributed by atoms with Gasteiger partial charge in [0.2, 0.25) is 6.29 Å². The molecule has 0 N–H and O–H groups in total. The Morgan fingerprint density at radius 2 is 1.17 bits per heavy atom. The minimum atomic E-state index is -2.06. The van der Waals surface area contributed by atoms with E-state index in [1.54, 1.807) is 0 Å². The summed E-state index contributed by atoms with van der Waals surface area (Å²) in [5.41, 5.74) is 1.38. The average Bonchev–Trinajstić information content (AvgIpc) is 3.13. The Morgan fingerprint density at radius 3 is 1.65 bits per heavy atom. The van der Waals surface area contributed by atoms with Gasteiger partial charge in [-0.3, -0.25) is 14.9 Å². The lowest BCUT2D eigenvalue weighted by atomic mass is 9.79. The molecule has 10 heteroatoms. The highest BCUT2D eigenvalue weighted by Gasteiger charge is 2.67. The lowest BCUT2D eigenvalue weighted by molar-refractivity contribution is -0.627. The summed E-state index contributed by atoms with van der Waals surface area (Å²) >= 11 is 0. The molecule has 5 rings (SSSR count). The van der Waals surface area contributed by atoms with Crippen LogP contribution in [0.5, 0.6) is 0 Å². The average molecular weight is 656 g/mol. The van der Waals surface area contributed by atoms with Crippen molar-refractivity contribution in [3.05, 3.63) is 154 Å². The molecule has 4 aromatic rings. The Morgan fingerprint density at radius 1 is 0.708 bits per heavy atom. The molecule has 0 spiro atoms. The maximum Gasteiger partial charge on any atom is 0.305 e. The molecule has 0 unspecified atom stereocenters. The number of esters is 1. The summed E-state index contributed by atoms with van der Waals surface area (Å²) in [5, 5.41) is 13.5. The number of carbonyl (C=O) groups is 1. The highest BCUT2D eigenvalue weighted by atomic mass is 16.7. The van der Waals surface area contributed by atoms with E-state index < -0.39 is 41.0 Å². The molecule has 0 saturated carbocycles. The molecule has 48 heavy (non-hydrogen) atoms. The molecule has 1 aliphatic rings. The topological polar surface area (TPSA) is 116 Å². The zero-order valence-corrected chi connectivity index (χ0v) is 26.9. The zero-order chi connectivity index (χ0) is 33.6. The van der Waals surface area contributed by atoms with Gasteiger partial charge >= 0.3 is 11.5 Å². The van der Waals surface area contributed by atoms with Crippen molar-refractivity contribution in [3.8, 4) is 0 Å². The summed E-state index contributed by atoms with van der Waals surface area (Å²) in [6.07, 6.45) is -5.01. The van der Waals surface area contributed by atoms with Gasteiger partial charge in [-0.25, -0.2) is 0 Å². The van der Waals surface area contributed by atoms with E-state index in [0.717, 1.165) is 22.3 Å². The highest BCUT2D eigenvalue weighted by molar-refractivity contribution is 5.69. The van der Waals surface area contributed by atoms with Crippen LogP contribution in [0.25, 0.3) is 0 Å². The first-order chi connectivity index (χ1) is 23.5. The molecule has 4 aromatic carbocycles. The van der Waals surface area contributed by atoms with Gasteiger partial charge in [-0.1, -0.05) is 121 Å². The van der Waals surface area contributed by atoms with Gasteiger partial charge in [-0.05, 0) is 22.3 Å². The van der Waals surface area contributed by atoms with E-state index in [-0.39, 0.29) is 39.3 Å². The lowest BCUT2D eigenvalue weighted by Gasteiger charge is -2.48. The summed E-state index contributed by atoms with van der Waals surface area (Å²) in [6.45, 7) is 0.538. The van der Waals surface area contributed by atoms with E-state index in [1.807, 2.05) is 121 Å². The summed E-state index contributed by atoms with van der Waals surface area (Å²) in [6, 6.07) is 37.9. The standard InChI is InChI=1S/C38H41NO9/c1-43-34(40)22-23-38(39(41)42)36(46-26-31-18-10-4-11-19-31)35(45-25-30-16-8-3-9-17-30)33(28-44-24-29-14-6-2-7-15-29)48-37(38)47-27-32-20-12-5-13-21-32/h2-21,33,35-37H,22-28H2,1H3/t33-,35-,36+,37-,38+/m1/s1. The van der Waals surface area contributed by atoms with Crippen LogP contribution >= 0.6 is 0 Å². The predicted octanol–water partition coefficient (Wildman–Crippen LogP) is 6.28. The minimum Gasteiger partial charge on any atom is -0.469 e. The zero-order valence-electron chi connectivity index (χ0n) is 26.9. The molecule has 252 valence electrons. The second-order valence-electron chi connectivity index (χ2n) is 11.6. The second-order valence-corrected chi connectivity index (χ2v) is 11.6. The van der Waals surface area contributed by atoms with E-state index in [4.69, 9.17) is 28.4 Å². The van der Waals surface area contributed by atoms with Gasteiger partial charge in [0.05, 0.1) is 46.6 Å². The Balaban J connectivity index is 1.54. The third-order valence-corrected chi connectivity index (χ3v) is 8.36.